The summed E-state index contributed by atoms with van der Waals surface area (Å²) in [6, 6.07) is 14.3. The Labute approximate surface area is 724 Å². The second-order valence-corrected chi connectivity index (χ2v) is 65.3. The van der Waals surface area contributed by atoms with Gasteiger partial charge >= 0.3 is 475 Å². The average molecular weight is 1880 g/mol. The zero-order valence-corrected chi connectivity index (χ0v) is 82.6. The Morgan fingerprint density at radius 1 is 0.669 bits per heavy atom. The molecule has 0 radical (unpaired) electrons. The molecule has 0 unspecified atom stereocenters. The number of carbonyl (C=O) groups is 8. The van der Waals surface area contributed by atoms with Crippen molar-refractivity contribution in [3.63, 3.8) is 0 Å². The Morgan fingerprint density at radius 2 is 1.22 bits per heavy atom. The van der Waals surface area contributed by atoms with Gasteiger partial charge in [-0.3, -0.25) is 0 Å². The summed E-state index contributed by atoms with van der Waals surface area (Å²) in [6.07, 6.45) is 0.310. The summed E-state index contributed by atoms with van der Waals surface area (Å²) in [4.78, 5) is 147. The Bertz CT molecular complexity index is 4630. The van der Waals surface area contributed by atoms with E-state index in [1.165, 1.54) is 18.3 Å². The van der Waals surface area contributed by atoms with Gasteiger partial charge < -0.3 is 28.7 Å². The molecular weight excluding hydrogens is 1750 g/mol. The third kappa shape index (κ3) is 25.2. The molecule has 6 heterocycles. The maximum atomic E-state index is 15.9. The van der Waals surface area contributed by atoms with Crippen LogP contribution in [0.1, 0.15) is 203 Å². The number of hydrogen-bond donors (Lipinski definition) is 6. The number of nitrogens with one attached hydrogen (secondary N) is 6. The molecule has 0 spiro atoms. The minimum absolute atomic E-state index is 0.00719. The second kappa shape index (κ2) is 39.2. The Hall–Kier alpha value is -6.76. The van der Waals surface area contributed by atoms with Crippen LogP contribution >= 0.6 is 34.0 Å². The number of pyridine rings is 1. The number of aliphatic imine (C=N–C) groups is 1. The van der Waals surface area contributed by atoms with Gasteiger partial charge in [-0.05, 0) is 64.8 Å². The van der Waals surface area contributed by atoms with E-state index >= 15 is 24.0 Å². The molecule has 1 aliphatic carbocycles. The zero-order valence-electron chi connectivity index (χ0n) is 72.7. The summed E-state index contributed by atoms with van der Waals surface area (Å²) < 4.78 is 41.0. The molecule has 118 heavy (non-hydrogen) atoms. The van der Waals surface area contributed by atoms with E-state index in [9.17, 15) is 14.4 Å². The number of carbonyl (C=O) groups excluding carboxylic acids is 8. The quantitative estimate of drug-likeness (QED) is 0.0197. The number of esters is 3. The third-order valence-corrected chi connectivity index (χ3v) is 41.5. The summed E-state index contributed by atoms with van der Waals surface area (Å²) in [7, 11) is -8.73. The van der Waals surface area contributed by atoms with E-state index in [1.54, 1.807) is 49.9 Å². The zero-order chi connectivity index (χ0) is 87.0. The molecule has 4 aromatic heterocycles. The van der Waals surface area contributed by atoms with Crippen molar-refractivity contribution in [2.75, 3.05) is 13.2 Å². The summed E-state index contributed by atoms with van der Waals surface area (Å²) in [6.45, 7) is 49.0. The summed E-state index contributed by atoms with van der Waals surface area (Å²) >= 11 is 2.57. The number of benzene rings is 2. The van der Waals surface area contributed by atoms with Crippen LogP contribution in [0.15, 0.2) is 93.9 Å². The van der Waals surface area contributed by atoms with E-state index in [-0.39, 0.29) is 94.5 Å². The van der Waals surface area contributed by atoms with Gasteiger partial charge in [-0.1, -0.05) is 60.1 Å². The number of alkyl carbamates (subject to hydrolysis) is 1. The van der Waals surface area contributed by atoms with Crippen molar-refractivity contribution in [1.29, 1.82) is 0 Å². The van der Waals surface area contributed by atoms with E-state index in [4.69, 9.17) is 52.7 Å². The van der Waals surface area contributed by atoms with Crippen LogP contribution in [0.4, 0.5) is 4.79 Å². The van der Waals surface area contributed by atoms with E-state index in [2.05, 4.69) is 139 Å². The molecule has 0 fully saturated rings. The van der Waals surface area contributed by atoms with Gasteiger partial charge in [-0.15, -0.1) is 11.3 Å². The van der Waals surface area contributed by atoms with Crippen molar-refractivity contribution in [3.8, 4) is 0 Å². The molecule has 9 rings (SSSR count). The topological polar surface area (TPSA) is 328 Å². The van der Waals surface area contributed by atoms with Crippen LogP contribution in [0, 0.1) is 5.92 Å². The van der Waals surface area contributed by atoms with Crippen molar-refractivity contribution in [2.45, 2.75) is 280 Å². The first-order chi connectivity index (χ1) is 54.9. The predicted molar refractivity (Wildman–Crippen MR) is 480 cm³/mol. The number of nitrogens with zero attached hydrogens (tertiary/aromatic N) is 5. The number of rotatable bonds is 23. The number of fused-ring (bicyclic) bond motifs is 6. The molecule has 2 aromatic carbocycles. The van der Waals surface area contributed by atoms with Crippen LogP contribution in [-0.2, 0) is 52.5 Å². The van der Waals surface area contributed by atoms with Crippen molar-refractivity contribution in [1.82, 2.24) is 51.8 Å². The van der Waals surface area contributed by atoms with Crippen LogP contribution < -0.4 is 40.8 Å². The molecule has 5 amide bonds. The first kappa shape index (κ1) is 95.1. The molecule has 11 atom stereocenters. The number of ether oxygens (including phenoxy) is 4. The fourth-order valence-corrected chi connectivity index (χ4v) is 23.4. The number of amides is 5. The van der Waals surface area contributed by atoms with E-state index < -0.39 is 173 Å². The van der Waals surface area contributed by atoms with E-state index in [0.717, 1.165) is 37.6 Å². The van der Waals surface area contributed by atoms with Crippen LogP contribution in [0.25, 0.3) is 6.08 Å². The molecule has 25 nitrogen and oxygen atoms in total. The fraction of sp³-hybridized carbons (Fsp3) is 0.560. The Morgan fingerprint density at radius 3 is 1.77 bits per heavy atom. The van der Waals surface area contributed by atoms with Gasteiger partial charge in [0.05, 0.1) is 13.2 Å². The summed E-state index contributed by atoms with van der Waals surface area (Å²) in [5.74, 6) is -5.08. The Kier molecular flexibility index (Phi) is 31.6. The van der Waals surface area contributed by atoms with Crippen molar-refractivity contribution in [3.05, 3.63) is 144 Å². The van der Waals surface area contributed by atoms with Crippen LogP contribution in [-0.4, -0.2) is 191 Å². The van der Waals surface area contributed by atoms with Crippen LogP contribution in [0.5, 0.6) is 0 Å². The van der Waals surface area contributed by atoms with Gasteiger partial charge in [-0.2, -0.15) is 0 Å². The average Bonchev–Trinajstić information content (AvgIpc) is 1.37. The van der Waals surface area contributed by atoms with Crippen LogP contribution in [0.2, 0.25) is 98.3 Å². The van der Waals surface area contributed by atoms with Gasteiger partial charge in [0.25, 0.3) is 0 Å². The van der Waals surface area contributed by atoms with E-state index in [0.29, 0.717) is 33.6 Å². The summed E-state index contributed by atoms with van der Waals surface area (Å²) in [5.41, 5.74) is -0.476. The van der Waals surface area contributed by atoms with E-state index in [1.807, 2.05) is 93.6 Å². The monoisotopic (exact) mass is 1880 g/mol. The first-order valence-corrected chi connectivity index (χ1v) is 60.3. The molecule has 0 saturated carbocycles. The minimum atomic E-state index is -2.87. The van der Waals surface area contributed by atoms with Crippen LogP contribution in [0.3, 0.4) is 0 Å². The molecular formula is C84H121N11O14S3Se2Si4. The number of aromatic nitrogens is 4. The molecule has 6 N–H and O–H groups in total. The normalized spacial score (nSPS) is 22.7. The Balaban J connectivity index is 1.28. The molecule has 642 valence electrons. The SMILES string of the molecule is CC(C)[C@@H]1N[C@@H]2C=Cc3c([C@H](C)O[Si](C)(C)C(C)(C)C)cc(nc3[C@H]2O[Si](C)(C)C(C)(C)C)C(=O)O[C@H](C)[C@H](NC(=O)OC(C)(C)C)c2nc(cs2)[C@H]2N=C(c3nc(C(=O)OCC[Si](C)(C)C)cs3)CC[C@@]2(c2nc(C(=O)OCC[Si](C)(C)C)cs2)NC(=O)[C@H](C)NC(=O)[C@H](C[Se]c2ccccc2)NC(=O)[C@H](C[Se]c2ccccc2)NC1=O. The maximum absolute atomic E-state index is 15.9. The number of hydrogen-bond acceptors (Lipinski definition) is 23. The summed E-state index contributed by atoms with van der Waals surface area (Å²) in [5, 5.41) is 24.6. The fourth-order valence-electron chi connectivity index (χ4n) is 12.6. The molecule has 6 aromatic rings. The number of thiazole rings is 3. The number of cyclic esters (lactones) is 1. The molecule has 2 aliphatic heterocycles. The van der Waals surface area contributed by atoms with Crippen molar-refractivity contribution < 1.29 is 66.2 Å². The predicted octanol–water partition coefficient (Wildman–Crippen LogP) is 14.1. The molecule has 34 heteroatoms. The van der Waals surface area contributed by atoms with Crippen molar-refractivity contribution >= 4 is 165 Å². The molecule has 3 aliphatic rings. The van der Waals surface area contributed by atoms with Gasteiger partial charge in [0.2, 0.25) is 0 Å². The molecule has 0 saturated heterocycles. The van der Waals surface area contributed by atoms with Gasteiger partial charge in [-0.25, -0.2) is 24.2 Å². The van der Waals surface area contributed by atoms with Gasteiger partial charge in [0.1, 0.15) is 17.7 Å². The van der Waals surface area contributed by atoms with Gasteiger partial charge in [0, 0.05) is 21.5 Å². The third-order valence-electron chi connectivity index (χ3n) is 21.6. The van der Waals surface area contributed by atoms with Gasteiger partial charge in [0.15, 0.2) is 14.0 Å². The van der Waals surface area contributed by atoms with Crippen molar-refractivity contribution in [2.24, 2.45) is 10.9 Å². The second-order valence-electron chi connectivity index (χ2n) is 37.3. The first-order valence-electron chi connectivity index (χ1n) is 40.3. The molecule has 5 bridgehead atoms. The standard InChI is InChI=1S/C84H121N11O14S3Se2Si4/c1-49(2)65-73(99)90-64(48-114-54-33-29-26-30-34-54)72(98)89-63(47-113-53-31-27-25-28-32-53)71(97)85-50(3)70(96)95-84(79-93-62(46-112-79)77(101)105-40-42-116(18,19)20)38-37-58(74-92-61(45-110-74)76(100)104-39-41-115(15,16)17)88-69(84)60-44-111-75(91-60)66(94-80(103)107-81(6,7)8)52(5)106-78(102)59-43-56(51(4)108-117(21,22)82(9,10)11)55-35-36-57(86-65)68(67(55)87-59)109-118(23,24)83(12,13)14/h25-36,43-46,49-52,57,63-66,68-69,86H,37-42,47-48H2,1-24H3,(H,85,97)(H,89,98)(H,90,99)(H,94,103)(H,95,96)/t50-,51-,52+,57+,63-,64-,65-,66-,68-,69+,84+/m0/s1.